The second kappa shape index (κ2) is 14.0. The highest BCUT2D eigenvalue weighted by molar-refractivity contribution is 5.86. The normalized spacial score (nSPS) is 15.1. The van der Waals surface area contributed by atoms with Crippen molar-refractivity contribution in [1.82, 2.24) is 14.9 Å². The molecule has 1 aliphatic rings. The van der Waals surface area contributed by atoms with Crippen molar-refractivity contribution in [2.75, 3.05) is 0 Å². The zero-order valence-electron chi connectivity index (χ0n) is 25.3. The molecule has 2 aromatic heterocycles. The molecule has 5 rings (SSSR count). The van der Waals surface area contributed by atoms with Crippen LogP contribution < -0.4 is 5.32 Å². The molecule has 2 heterocycles. The summed E-state index contributed by atoms with van der Waals surface area (Å²) in [5.74, 6) is 0.459. The van der Waals surface area contributed by atoms with Crippen molar-refractivity contribution in [3.8, 4) is 0 Å². The molecule has 1 amide bonds. The van der Waals surface area contributed by atoms with Crippen molar-refractivity contribution in [3.05, 3.63) is 100 Å². The first kappa shape index (κ1) is 29.1. The minimum absolute atomic E-state index is 0.102. The maximum absolute atomic E-state index is 13.7. The van der Waals surface area contributed by atoms with Crippen LogP contribution in [0.2, 0.25) is 0 Å². The number of pyridine rings is 1. The fourth-order valence-electron chi connectivity index (χ4n) is 6.96. The van der Waals surface area contributed by atoms with Crippen molar-refractivity contribution in [2.45, 2.75) is 104 Å². The number of nitrogens with one attached hydrogen (secondary N) is 1. The zero-order chi connectivity index (χ0) is 28.6. The van der Waals surface area contributed by atoms with Crippen LogP contribution in [-0.2, 0) is 30.7 Å². The second-order valence-corrected chi connectivity index (χ2v) is 12.0. The standard InChI is InChI=1S/C37H47N3O/c1-4-13-32-33(14-5-2)40(36-34(32)27(3)23-24-38-36)26-29-19-21-31(22-20-29)35(30-17-11-6-7-12-18-30)37(41)39-25-28-15-9-8-10-16-28/h8-10,15-16,19-24,30,35H,4-7,11-14,17-18,25-26H2,1-3H3,(H,39,41). The molecular formula is C37H47N3O. The molecule has 1 saturated carbocycles. The number of nitrogens with zero attached hydrogens (tertiary/aromatic N) is 2. The van der Waals surface area contributed by atoms with E-state index in [0.717, 1.165) is 61.8 Å². The Morgan fingerprint density at radius 1 is 0.902 bits per heavy atom. The Kier molecular flexibility index (Phi) is 9.92. The van der Waals surface area contributed by atoms with E-state index in [0.29, 0.717) is 12.5 Å². The molecule has 1 aliphatic carbocycles. The second-order valence-electron chi connectivity index (χ2n) is 12.0. The Hall–Kier alpha value is -3.40. The van der Waals surface area contributed by atoms with E-state index in [1.807, 2.05) is 24.4 Å². The van der Waals surface area contributed by atoms with Gasteiger partial charge in [0, 0.05) is 30.4 Å². The lowest BCUT2D eigenvalue weighted by molar-refractivity contribution is -0.124. The minimum atomic E-state index is -0.102. The summed E-state index contributed by atoms with van der Waals surface area (Å²) in [6, 6.07) is 21.3. The van der Waals surface area contributed by atoms with Crippen LogP contribution in [0.4, 0.5) is 0 Å². The smallest absolute Gasteiger partial charge is 0.228 e. The molecule has 2 aromatic carbocycles. The summed E-state index contributed by atoms with van der Waals surface area (Å²) >= 11 is 0. The lowest BCUT2D eigenvalue weighted by atomic mass is 9.80. The quantitative estimate of drug-likeness (QED) is 0.190. The molecule has 1 unspecified atom stereocenters. The van der Waals surface area contributed by atoms with Gasteiger partial charge in [-0.05, 0) is 72.4 Å². The summed E-state index contributed by atoms with van der Waals surface area (Å²) in [6.45, 7) is 8.14. The lowest BCUT2D eigenvalue weighted by Gasteiger charge is -2.26. The molecule has 0 radical (unpaired) electrons. The fourth-order valence-corrected chi connectivity index (χ4v) is 6.96. The molecule has 1 atom stereocenters. The van der Waals surface area contributed by atoms with Crippen LogP contribution in [0, 0.1) is 12.8 Å². The highest BCUT2D eigenvalue weighted by atomic mass is 16.1. The maximum Gasteiger partial charge on any atom is 0.228 e. The first-order chi connectivity index (χ1) is 20.1. The van der Waals surface area contributed by atoms with E-state index < -0.39 is 0 Å². The molecule has 1 N–H and O–H groups in total. The van der Waals surface area contributed by atoms with Crippen molar-refractivity contribution < 1.29 is 4.79 Å². The molecule has 0 spiro atoms. The molecule has 41 heavy (non-hydrogen) atoms. The Labute approximate surface area is 246 Å². The molecule has 4 heteroatoms. The van der Waals surface area contributed by atoms with Gasteiger partial charge in [0.2, 0.25) is 5.91 Å². The Morgan fingerprint density at radius 3 is 2.29 bits per heavy atom. The monoisotopic (exact) mass is 549 g/mol. The van der Waals surface area contributed by atoms with E-state index in [1.165, 1.54) is 53.5 Å². The Bertz CT molecular complexity index is 1410. The van der Waals surface area contributed by atoms with Gasteiger partial charge in [-0.2, -0.15) is 0 Å². The summed E-state index contributed by atoms with van der Waals surface area (Å²) < 4.78 is 2.46. The molecular weight excluding hydrogens is 502 g/mol. The predicted molar refractivity (Wildman–Crippen MR) is 170 cm³/mol. The molecule has 1 fully saturated rings. The van der Waals surface area contributed by atoms with E-state index in [4.69, 9.17) is 4.98 Å². The number of carbonyl (C=O) groups excluding carboxylic acids is 1. The molecule has 4 aromatic rings. The van der Waals surface area contributed by atoms with E-state index in [-0.39, 0.29) is 11.8 Å². The van der Waals surface area contributed by atoms with Gasteiger partial charge in [-0.1, -0.05) is 107 Å². The number of carbonyl (C=O) groups is 1. The van der Waals surface area contributed by atoms with Crippen molar-refractivity contribution in [2.24, 2.45) is 5.92 Å². The summed E-state index contributed by atoms with van der Waals surface area (Å²) in [7, 11) is 0. The summed E-state index contributed by atoms with van der Waals surface area (Å²) in [6.07, 6.45) is 13.6. The molecule has 0 aliphatic heterocycles. The van der Waals surface area contributed by atoms with Crippen molar-refractivity contribution >= 4 is 16.9 Å². The van der Waals surface area contributed by atoms with Gasteiger partial charge in [-0.3, -0.25) is 4.79 Å². The van der Waals surface area contributed by atoms with Gasteiger partial charge < -0.3 is 9.88 Å². The van der Waals surface area contributed by atoms with Gasteiger partial charge in [-0.25, -0.2) is 4.98 Å². The number of hydrogen-bond acceptors (Lipinski definition) is 2. The van der Waals surface area contributed by atoms with E-state index >= 15 is 0 Å². The molecule has 4 nitrogen and oxygen atoms in total. The number of rotatable bonds is 11. The SMILES string of the molecule is CCCc1c(CCC)n(Cc2ccc(C(C(=O)NCc3ccccc3)C3CCCCCC3)cc2)c2nccc(C)c12. The first-order valence-electron chi connectivity index (χ1n) is 16.0. The molecule has 0 bridgehead atoms. The topological polar surface area (TPSA) is 46.9 Å². The first-order valence-corrected chi connectivity index (χ1v) is 16.0. The summed E-state index contributed by atoms with van der Waals surface area (Å²) in [4.78, 5) is 18.6. The van der Waals surface area contributed by atoms with Crippen molar-refractivity contribution in [3.63, 3.8) is 0 Å². The van der Waals surface area contributed by atoms with Gasteiger partial charge in [0.15, 0.2) is 0 Å². The van der Waals surface area contributed by atoms with Crippen LogP contribution in [0.15, 0.2) is 66.9 Å². The lowest BCUT2D eigenvalue weighted by Crippen LogP contribution is -2.33. The van der Waals surface area contributed by atoms with Gasteiger partial charge in [-0.15, -0.1) is 0 Å². The van der Waals surface area contributed by atoms with E-state index in [9.17, 15) is 4.79 Å². The summed E-state index contributed by atoms with van der Waals surface area (Å²) in [5, 5.41) is 4.63. The third-order valence-electron chi connectivity index (χ3n) is 9.00. The third kappa shape index (κ3) is 6.74. The van der Waals surface area contributed by atoms with Gasteiger partial charge >= 0.3 is 0 Å². The summed E-state index contributed by atoms with van der Waals surface area (Å²) in [5.41, 5.74) is 8.90. The maximum atomic E-state index is 13.7. The largest absolute Gasteiger partial charge is 0.351 e. The zero-order valence-corrected chi connectivity index (χ0v) is 25.3. The van der Waals surface area contributed by atoms with E-state index in [2.05, 4.69) is 73.1 Å². The Balaban J connectivity index is 1.43. The molecule has 0 saturated heterocycles. The Morgan fingerprint density at radius 2 is 1.61 bits per heavy atom. The van der Waals surface area contributed by atoms with Crippen LogP contribution in [0.25, 0.3) is 11.0 Å². The van der Waals surface area contributed by atoms with Crippen LogP contribution in [-0.4, -0.2) is 15.5 Å². The van der Waals surface area contributed by atoms with Gasteiger partial charge in [0.25, 0.3) is 0 Å². The average molecular weight is 550 g/mol. The number of hydrogen-bond donors (Lipinski definition) is 1. The number of fused-ring (bicyclic) bond motifs is 1. The van der Waals surface area contributed by atoms with Crippen LogP contribution in [0.3, 0.4) is 0 Å². The van der Waals surface area contributed by atoms with Crippen molar-refractivity contribution in [1.29, 1.82) is 0 Å². The predicted octanol–water partition coefficient (Wildman–Crippen LogP) is 8.67. The fraction of sp³-hybridized carbons (Fsp3) is 0.459. The minimum Gasteiger partial charge on any atom is -0.351 e. The average Bonchev–Trinajstić information content (AvgIpc) is 3.12. The highest BCUT2D eigenvalue weighted by Crippen LogP contribution is 2.36. The number of benzene rings is 2. The highest BCUT2D eigenvalue weighted by Gasteiger charge is 2.30. The third-order valence-corrected chi connectivity index (χ3v) is 9.00. The van der Waals surface area contributed by atoms with Crippen LogP contribution in [0.1, 0.15) is 105 Å². The number of aromatic nitrogens is 2. The molecule has 216 valence electrons. The van der Waals surface area contributed by atoms with Crippen LogP contribution in [0.5, 0.6) is 0 Å². The van der Waals surface area contributed by atoms with Gasteiger partial charge in [0.05, 0.1) is 5.92 Å². The number of amides is 1. The van der Waals surface area contributed by atoms with Crippen LogP contribution >= 0.6 is 0 Å². The number of aryl methyl sites for hydroxylation is 2. The van der Waals surface area contributed by atoms with E-state index in [1.54, 1.807) is 0 Å². The van der Waals surface area contributed by atoms with Gasteiger partial charge in [0.1, 0.15) is 5.65 Å².